The Morgan fingerprint density at radius 3 is 2.00 bits per heavy atom. The first-order chi connectivity index (χ1) is 14.8. The zero-order valence-electron chi connectivity index (χ0n) is 21.0. The second kappa shape index (κ2) is 14.5. The molecule has 3 nitrogen and oxygen atoms in total. The average molecular weight is 429 g/mol. The van der Waals surface area contributed by atoms with Crippen LogP contribution in [0.3, 0.4) is 0 Å². The van der Waals surface area contributed by atoms with Crippen molar-refractivity contribution in [3.63, 3.8) is 0 Å². The molecular formula is C28H48N2O. The molecule has 1 rings (SSSR count). The summed E-state index contributed by atoms with van der Waals surface area (Å²) in [6.45, 7) is 15.4. The first-order valence-electron chi connectivity index (χ1n) is 12.5. The number of benzene rings is 1. The summed E-state index contributed by atoms with van der Waals surface area (Å²) in [4.78, 5) is 12.8. The van der Waals surface area contributed by atoms with Gasteiger partial charge in [0, 0.05) is 17.7 Å². The lowest BCUT2D eigenvalue weighted by atomic mass is 9.72. The highest BCUT2D eigenvalue weighted by Gasteiger charge is 2.44. The molecule has 1 amide bonds. The van der Waals surface area contributed by atoms with Gasteiger partial charge in [0.2, 0.25) is 5.91 Å². The first-order valence-corrected chi connectivity index (χ1v) is 12.5. The average Bonchev–Trinajstić information content (AvgIpc) is 2.74. The molecule has 31 heavy (non-hydrogen) atoms. The lowest BCUT2D eigenvalue weighted by Crippen LogP contribution is -2.67. The Morgan fingerprint density at radius 2 is 1.45 bits per heavy atom. The van der Waals surface area contributed by atoms with Gasteiger partial charge in [0.15, 0.2) is 0 Å². The molecule has 3 heteroatoms. The van der Waals surface area contributed by atoms with Crippen LogP contribution >= 0.6 is 0 Å². The Hall–Kier alpha value is -1.61. The van der Waals surface area contributed by atoms with Crippen LogP contribution in [-0.4, -0.2) is 17.0 Å². The lowest BCUT2D eigenvalue weighted by Gasteiger charge is -2.48. The number of amides is 1. The second-order valence-corrected chi connectivity index (χ2v) is 9.76. The van der Waals surface area contributed by atoms with Gasteiger partial charge in [-0.25, -0.2) is 0 Å². The molecule has 0 saturated heterocycles. The van der Waals surface area contributed by atoms with Gasteiger partial charge in [-0.15, -0.1) is 0 Å². The molecule has 0 fully saturated rings. The Morgan fingerprint density at radius 1 is 0.871 bits per heavy atom. The fourth-order valence-electron chi connectivity index (χ4n) is 4.43. The number of hydrogen-bond donors (Lipinski definition) is 2. The molecule has 0 aromatic heterocycles. The summed E-state index contributed by atoms with van der Waals surface area (Å²) in [6.07, 6.45) is 13.3. The summed E-state index contributed by atoms with van der Waals surface area (Å²) in [6, 6.07) is 10.5. The van der Waals surface area contributed by atoms with Crippen LogP contribution in [-0.2, 0) is 11.3 Å². The summed E-state index contributed by atoms with van der Waals surface area (Å²) in [5, 5.41) is 7.20. The molecule has 0 heterocycles. The van der Waals surface area contributed by atoms with Crippen LogP contribution in [0, 0.1) is 0 Å². The van der Waals surface area contributed by atoms with Gasteiger partial charge < -0.3 is 10.6 Å². The summed E-state index contributed by atoms with van der Waals surface area (Å²) in [5.41, 5.74) is 1.30. The number of unbranched alkanes of at least 4 members (excludes halogenated alkanes) is 7. The maximum atomic E-state index is 12.8. The van der Waals surface area contributed by atoms with Crippen molar-refractivity contribution in [2.45, 2.75) is 123 Å². The molecule has 176 valence electrons. The van der Waals surface area contributed by atoms with E-state index in [1.165, 1.54) is 50.5 Å². The highest BCUT2D eigenvalue weighted by molar-refractivity contribution is 5.92. The van der Waals surface area contributed by atoms with Crippen molar-refractivity contribution in [1.29, 1.82) is 0 Å². The number of nitrogens with one attached hydrogen (secondary N) is 2. The van der Waals surface area contributed by atoms with Crippen LogP contribution in [0.4, 0.5) is 0 Å². The minimum atomic E-state index is -0.297. The number of carbonyl (C=O) groups excluding carboxylic acids is 1. The van der Waals surface area contributed by atoms with Crippen LogP contribution in [0.1, 0.15) is 111 Å². The Labute approximate surface area is 192 Å². The molecule has 0 saturated carbocycles. The molecule has 2 N–H and O–H groups in total. The molecule has 0 spiro atoms. The van der Waals surface area contributed by atoms with Crippen LogP contribution in [0.25, 0.3) is 0 Å². The normalized spacial score (nSPS) is 13.6. The highest BCUT2D eigenvalue weighted by atomic mass is 16.1. The number of hydrogen-bond acceptors (Lipinski definition) is 2. The quantitative estimate of drug-likeness (QED) is 0.202. The Kier molecular flexibility index (Phi) is 12.8. The lowest BCUT2D eigenvalue weighted by molar-refractivity contribution is -0.120. The standard InChI is InChI=1S/C28H48N2O/c1-7-9-10-11-12-13-14-18-22-28(21-8-2,30-26(31)24(3)4)27(5,6)29-23-25-19-16-15-17-20-25/h15-17,19-20,29H,3,7-14,18,21-23H2,1-2,4-6H3,(H,30,31). The van der Waals surface area contributed by atoms with Crippen molar-refractivity contribution in [2.24, 2.45) is 0 Å². The van der Waals surface area contributed by atoms with E-state index in [0.29, 0.717) is 5.57 Å². The van der Waals surface area contributed by atoms with Crippen molar-refractivity contribution in [1.82, 2.24) is 10.6 Å². The molecule has 0 aliphatic heterocycles. The van der Waals surface area contributed by atoms with Gasteiger partial charge in [-0.3, -0.25) is 4.79 Å². The monoisotopic (exact) mass is 428 g/mol. The van der Waals surface area contributed by atoms with Crippen molar-refractivity contribution in [3.8, 4) is 0 Å². The maximum Gasteiger partial charge on any atom is 0.246 e. The fourth-order valence-corrected chi connectivity index (χ4v) is 4.43. The van der Waals surface area contributed by atoms with E-state index in [9.17, 15) is 4.79 Å². The SMILES string of the molecule is C=C(C)C(=O)NC(CCC)(CCCCCCCCCC)C(C)(C)NCc1ccccc1. The molecule has 0 aliphatic rings. The van der Waals surface area contributed by atoms with Gasteiger partial charge in [0.25, 0.3) is 0 Å². The van der Waals surface area contributed by atoms with E-state index in [2.05, 4.69) is 69.2 Å². The van der Waals surface area contributed by atoms with Gasteiger partial charge >= 0.3 is 0 Å². The molecule has 1 atom stereocenters. The second-order valence-electron chi connectivity index (χ2n) is 9.76. The summed E-state index contributed by atoms with van der Waals surface area (Å²) >= 11 is 0. The molecule has 1 aromatic carbocycles. The first kappa shape index (κ1) is 27.4. The van der Waals surface area contributed by atoms with Crippen LogP contribution in [0.5, 0.6) is 0 Å². The molecule has 0 bridgehead atoms. The van der Waals surface area contributed by atoms with Gasteiger partial charge in [-0.1, -0.05) is 109 Å². The summed E-state index contributed by atoms with van der Waals surface area (Å²) in [7, 11) is 0. The van der Waals surface area contributed by atoms with Gasteiger partial charge in [-0.2, -0.15) is 0 Å². The largest absolute Gasteiger partial charge is 0.345 e. The summed E-state index contributed by atoms with van der Waals surface area (Å²) in [5.74, 6) is -0.0254. The Bertz CT molecular complexity index is 638. The van der Waals surface area contributed by atoms with Crippen molar-refractivity contribution >= 4 is 5.91 Å². The molecule has 0 radical (unpaired) electrons. The van der Waals surface area contributed by atoms with Gasteiger partial charge in [-0.05, 0) is 39.2 Å². The minimum absolute atomic E-state index is 0.0254. The molecular weight excluding hydrogens is 380 g/mol. The van der Waals surface area contributed by atoms with Crippen LogP contribution < -0.4 is 10.6 Å². The summed E-state index contributed by atoms with van der Waals surface area (Å²) < 4.78 is 0. The predicted octanol–water partition coefficient (Wildman–Crippen LogP) is 7.32. The van der Waals surface area contributed by atoms with E-state index < -0.39 is 0 Å². The number of carbonyl (C=O) groups is 1. The zero-order valence-corrected chi connectivity index (χ0v) is 21.0. The van der Waals surface area contributed by atoms with E-state index in [-0.39, 0.29) is 17.0 Å². The molecule has 1 unspecified atom stereocenters. The van der Waals surface area contributed by atoms with Crippen LogP contribution in [0.2, 0.25) is 0 Å². The van der Waals surface area contributed by atoms with E-state index in [1.807, 2.05) is 6.07 Å². The molecule has 1 aromatic rings. The fraction of sp³-hybridized carbons (Fsp3) is 0.679. The highest BCUT2D eigenvalue weighted by Crippen LogP contribution is 2.33. The van der Waals surface area contributed by atoms with E-state index in [1.54, 1.807) is 6.92 Å². The number of rotatable bonds is 17. The van der Waals surface area contributed by atoms with Crippen molar-refractivity contribution in [3.05, 3.63) is 48.0 Å². The van der Waals surface area contributed by atoms with E-state index >= 15 is 0 Å². The van der Waals surface area contributed by atoms with E-state index in [4.69, 9.17) is 0 Å². The van der Waals surface area contributed by atoms with Gasteiger partial charge in [0.05, 0.1) is 5.54 Å². The topological polar surface area (TPSA) is 41.1 Å². The molecule has 0 aliphatic carbocycles. The van der Waals surface area contributed by atoms with E-state index in [0.717, 1.165) is 32.2 Å². The van der Waals surface area contributed by atoms with Gasteiger partial charge in [0.1, 0.15) is 0 Å². The third kappa shape index (κ3) is 9.60. The van der Waals surface area contributed by atoms with Crippen molar-refractivity contribution < 1.29 is 4.79 Å². The third-order valence-electron chi connectivity index (χ3n) is 6.65. The van der Waals surface area contributed by atoms with Crippen molar-refractivity contribution in [2.75, 3.05) is 0 Å². The predicted molar refractivity (Wildman–Crippen MR) is 135 cm³/mol. The van der Waals surface area contributed by atoms with Crippen LogP contribution in [0.15, 0.2) is 42.5 Å². The minimum Gasteiger partial charge on any atom is -0.345 e. The zero-order chi connectivity index (χ0) is 23.2. The third-order valence-corrected chi connectivity index (χ3v) is 6.65. The Balaban J connectivity index is 2.85. The smallest absolute Gasteiger partial charge is 0.246 e. The maximum absolute atomic E-state index is 12.8.